The molecule has 116 valence electrons. The van der Waals surface area contributed by atoms with Crippen molar-refractivity contribution in [2.45, 2.75) is 39.7 Å². The first-order chi connectivity index (χ1) is 10.5. The number of furan rings is 1. The second-order valence-corrected chi connectivity index (χ2v) is 5.83. The molecule has 4 nitrogen and oxygen atoms in total. The maximum atomic E-state index is 11.3. The van der Waals surface area contributed by atoms with Crippen LogP contribution in [0.4, 0.5) is 0 Å². The smallest absolute Gasteiger partial charge is 0.303 e. The highest BCUT2D eigenvalue weighted by Gasteiger charge is 2.31. The fourth-order valence-electron chi connectivity index (χ4n) is 3.47. The van der Waals surface area contributed by atoms with Crippen molar-refractivity contribution < 1.29 is 18.7 Å². The number of ether oxygens (including phenoxy) is 2. The van der Waals surface area contributed by atoms with Gasteiger partial charge in [0.25, 0.3) is 0 Å². The Kier molecular flexibility index (Phi) is 3.47. The number of benzene rings is 1. The van der Waals surface area contributed by atoms with Crippen molar-refractivity contribution in [3.8, 4) is 5.75 Å². The summed E-state index contributed by atoms with van der Waals surface area (Å²) in [4.78, 5) is 11.3. The topological polar surface area (TPSA) is 48.7 Å². The summed E-state index contributed by atoms with van der Waals surface area (Å²) in [5, 5.41) is 1.08. The Labute approximate surface area is 129 Å². The first kappa shape index (κ1) is 14.7. The van der Waals surface area contributed by atoms with Crippen LogP contribution in [0.3, 0.4) is 0 Å². The van der Waals surface area contributed by atoms with E-state index >= 15 is 0 Å². The van der Waals surface area contributed by atoms with Crippen LogP contribution in [0.1, 0.15) is 42.0 Å². The lowest BCUT2D eigenvalue weighted by molar-refractivity contribution is -0.144. The second kappa shape index (κ2) is 5.20. The van der Waals surface area contributed by atoms with Crippen molar-refractivity contribution in [3.05, 3.63) is 34.6 Å². The highest BCUT2D eigenvalue weighted by molar-refractivity contribution is 5.95. The molecule has 2 atom stereocenters. The summed E-state index contributed by atoms with van der Waals surface area (Å²) in [7, 11) is 1.65. The lowest BCUT2D eigenvalue weighted by atomic mass is 9.81. The molecule has 0 unspecified atom stereocenters. The predicted molar refractivity (Wildman–Crippen MR) is 85.2 cm³/mol. The van der Waals surface area contributed by atoms with Gasteiger partial charge in [-0.3, -0.25) is 4.79 Å². The summed E-state index contributed by atoms with van der Waals surface area (Å²) in [6, 6.07) is 0. The van der Waals surface area contributed by atoms with Crippen LogP contribution >= 0.6 is 0 Å². The first-order valence-corrected chi connectivity index (χ1v) is 7.39. The second-order valence-electron chi connectivity index (χ2n) is 5.83. The standard InChI is InChI=1S/C18H20O4/c1-9-8-21-18-15(9)11(3)16-10(2)14(22-12(4)19)7-6-13(16)17(18)20-5/h6-8,10,14H,1-5H3/t10-,14-/m1/s1. The summed E-state index contributed by atoms with van der Waals surface area (Å²) in [5.74, 6) is 0.541. The van der Waals surface area contributed by atoms with Gasteiger partial charge in [0.1, 0.15) is 6.10 Å². The zero-order valence-electron chi connectivity index (χ0n) is 13.5. The Hall–Kier alpha value is -2.23. The van der Waals surface area contributed by atoms with E-state index < -0.39 is 0 Å². The molecule has 2 aromatic rings. The molecule has 0 spiro atoms. The van der Waals surface area contributed by atoms with Crippen molar-refractivity contribution in [1.82, 2.24) is 0 Å². The average Bonchev–Trinajstić information content (AvgIpc) is 2.84. The summed E-state index contributed by atoms with van der Waals surface area (Å²) in [6.45, 7) is 7.62. The van der Waals surface area contributed by atoms with Gasteiger partial charge in [0.05, 0.1) is 13.4 Å². The van der Waals surface area contributed by atoms with Gasteiger partial charge in [0.15, 0.2) is 11.3 Å². The van der Waals surface area contributed by atoms with E-state index in [1.807, 2.05) is 19.1 Å². The summed E-state index contributed by atoms with van der Waals surface area (Å²) >= 11 is 0. The van der Waals surface area contributed by atoms with Gasteiger partial charge in [-0.2, -0.15) is 0 Å². The molecule has 0 aliphatic heterocycles. The molecular formula is C18H20O4. The largest absolute Gasteiger partial charge is 0.492 e. The van der Waals surface area contributed by atoms with Crippen LogP contribution in [0.25, 0.3) is 17.0 Å². The molecule has 1 aliphatic carbocycles. The SMILES string of the molecule is COc1c2c(c(C)c3c(C)coc13)[C@H](C)[C@H](OC(C)=O)C=C2. The molecular weight excluding hydrogens is 280 g/mol. The molecule has 0 bridgehead atoms. The van der Waals surface area contributed by atoms with Gasteiger partial charge in [0, 0.05) is 23.8 Å². The molecule has 0 saturated heterocycles. The highest BCUT2D eigenvalue weighted by atomic mass is 16.5. The highest BCUT2D eigenvalue weighted by Crippen LogP contribution is 2.45. The maximum Gasteiger partial charge on any atom is 0.303 e. The predicted octanol–water partition coefficient (Wildman–Crippen LogP) is 4.12. The molecule has 4 heteroatoms. The fourth-order valence-corrected chi connectivity index (χ4v) is 3.47. The number of carbonyl (C=O) groups is 1. The normalized spacial score (nSPS) is 20.0. The molecule has 0 amide bonds. The molecule has 3 rings (SSSR count). The number of methoxy groups -OCH3 is 1. The van der Waals surface area contributed by atoms with Crippen molar-refractivity contribution in [2.75, 3.05) is 7.11 Å². The minimum absolute atomic E-state index is 0.0662. The molecule has 0 radical (unpaired) electrons. The van der Waals surface area contributed by atoms with E-state index in [0.717, 1.165) is 39.0 Å². The fraction of sp³-hybridized carbons (Fsp3) is 0.389. The zero-order valence-corrected chi connectivity index (χ0v) is 13.5. The van der Waals surface area contributed by atoms with Crippen molar-refractivity contribution >= 4 is 23.0 Å². The number of rotatable bonds is 2. The molecule has 0 fully saturated rings. The molecule has 22 heavy (non-hydrogen) atoms. The monoisotopic (exact) mass is 300 g/mol. The van der Waals surface area contributed by atoms with E-state index in [1.54, 1.807) is 13.4 Å². The Bertz CT molecular complexity index is 782. The Balaban J connectivity index is 2.28. The van der Waals surface area contributed by atoms with Crippen LogP contribution in [0.2, 0.25) is 0 Å². The molecule has 0 saturated carbocycles. The van der Waals surface area contributed by atoms with Crippen LogP contribution < -0.4 is 4.74 Å². The first-order valence-electron chi connectivity index (χ1n) is 7.39. The van der Waals surface area contributed by atoms with Gasteiger partial charge in [-0.25, -0.2) is 0 Å². The molecule has 0 N–H and O–H groups in total. The number of fused-ring (bicyclic) bond motifs is 2. The molecule has 1 heterocycles. The quantitative estimate of drug-likeness (QED) is 0.783. The summed E-state index contributed by atoms with van der Waals surface area (Å²) in [5.41, 5.74) is 5.19. The van der Waals surface area contributed by atoms with E-state index in [4.69, 9.17) is 13.9 Å². The van der Waals surface area contributed by atoms with E-state index in [2.05, 4.69) is 13.8 Å². The van der Waals surface area contributed by atoms with Crippen LogP contribution in [-0.2, 0) is 9.53 Å². The summed E-state index contributed by atoms with van der Waals surface area (Å²) < 4.78 is 16.7. The van der Waals surface area contributed by atoms with Gasteiger partial charge < -0.3 is 13.9 Å². The number of esters is 1. The lowest BCUT2D eigenvalue weighted by Gasteiger charge is -2.29. The third-order valence-corrected chi connectivity index (χ3v) is 4.40. The van der Waals surface area contributed by atoms with Crippen molar-refractivity contribution in [3.63, 3.8) is 0 Å². The Morgan fingerprint density at radius 1 is 1.32 bits per heavy atom. The van der Waals surface area contributed by atoms with Gasteiger partial charge in [-0.1, -0.05) is 13.0 Å². The third-order valence-electron chi connectivity index (χ3n) is 4.40. The van der Waals surface area contributed by atoms with Crippen LogP contribution in [-0.4, -0.2) is 19.2 Å². The third kappa shape index (κ3) is 2.02. The lowest BCUT2D eigenvalue weighted by Crippen LogP contribution is -2.24. The van der Waals surface area contributed by atoms with Crippen LogP contribution in [0.15, 0.2) is 16.8 Å². The van der Waals surface area contributed by atoms with Crippen molar-refractivity contribution in [1.29, 1.82) is 0 Å². The number of hydrogen-bond donors (Lipinski definition) is 0. The van der Waals surface area contributed by atoms with E-state index in [0.29, 0.717) is 0 Å². The van der Waals surface area contributed by atoms with Gasteiger partial charge in [0.2, 0.25) is 0 Å². The van der Waals surface area contributed by atoms with E-state index in [9.17, 15) is 4.79 Å². The number of hydrogen-bond acceptors (Lipinski definition) is 4. The van der Waals surface area contributed by atoms with Crippen LogP contribution in [0, 0.1) is 13.8 Å². The summed E-state index contributed by atoms with van der Waals surface area (Å²) in [6.07, 6.45) is 5.38. The van der Waals surface area contributed by atoms with Crippen molar-refractivity contribution in [2.24, 2.45) is 0 Å². The Morgan fingerprint density at radius 2 is 2.05 bits per heavy atom. The molecule has 1 aliphatic rings. The maximum absolute atomic E-state index is 11.3. The average molecular weight is 300 g/mol. The molecule has 1 aromatic heterocycles. The van der Waals surface area contributed by atoms with Gasteiger partial charge >= 0.3 is 5.97 Å². The van der Waals surface area contributed by atoms with E-state index in [1.165, 1.54) is 6.92 Å². The Morgan fingerprint density at radius 3 is 2.68 bits per heavy atom. The number of carbonyl (C=O) groups excluding carboxylic acids is 1. The number of aryl methyl sites for hydroxylation is 2. The van der Waals surface area contributed by atoms with Gasteiger partial charge in [-0.05, 0) is 36.6 Å². The van der Waals surface area contributed by atoms with E-state index in [-0.39, 0.29) is 18.0 Å². The minimum Gasteiger partial charge on any atom is -0.492 e. The molecule has 1 aromatic carbocycles. The minimum atomic E-state index is -0.268. The van der Waals surface area contributed by atoms with Gasteiger partial charge in [-0.15, -0.1) is 0 Å². The van der Waals surface area contributed by atoms with Crippen LogP contribution in [0.5, 0.6) is 5.75 Å². The zero-order chi connectivity index (χ0) is 16.0.